The molecule has 19 heavy (non-hydrogen) atoms. The molecule has 0 amide bonds. The summed E-state index contributed by atoms with van der Waals surface area (Å²) in [5, 5.41) is 13.2. The predicted octanol–water partition coefficient (Wildman–Crippen LogP) is 3.46. The predicted molar refractivity (Wildman–Crippen MR) is 77.6 cm³/mol. The third-order valence-electron chi connectivity index (χ3n) is 4.06. The van der Waals surface area contributed by atoms with E-state index >= 15 is 0 Å². The molecule has 0 radical (unpaired) electrons. The Labute approximate surface area is 116 Å². The van der Waals surface area contributed by atoms with Crippen LogP contribution in [0.1, 0.15) is 44.1 Å². The Morgan fingerprint density at radius 1 is 1.26 bits per heavy atom. The van der Waals surface area contributed by atoms with Crippen LogP contribution >= 0.6 is 0 Å². The van der Waals surface area contributed by atoms with Gasteiger partial charge in [0.1, 0.15) is 11.5 Å². The second kappa shape index (κ2) is 7.39. The number of aromatic hydroxyl groups is 1. The molecule has 0 saturated heterocycles. The van der Waals surface area contributed by atoms with Crippen LogP contribution in [-0.4, -0.2) is 18.8 Å². The molecule has 0 atom stereocenters. The summed E-state index contributed by atoms with van der Waals surface area (Å²) < 4.78 is 5.17. The van der Waals surface area contributed by atoms with Crippen molar-refractivity contribution in [1.82, 2.24) is 5.32 Å². The first-order chi connectivity index (χ1) is 9.29. The van der Waals surface area contributed by atoms with Crippen LogP contribution in [0.3, 0.4) is 0 Å². The Balaban J connectivity index is 1.72. The summed E-state index contributed by atoms with van der Waals surface area (Å²) >= 11 is 0. The normalized spacial score (nSPS) is 16.5. The molecule has 106 valence electrons. The summed E-state index contributed by atoms with van der Waals surface area (Å²) in [7, 11) is 1.65. The van der Waals surface area contributed by atoms with Gasteiger partial charge in [-0.3, -0.25) is 0 Å². The average molecular weight is 263 g/mol. The topological polar surface area (TPSA) is 41.5 Å². The third kappa shape index (κ3) is 4.43. The van der Waals surface area contributed by atoms with Gasteiger partial charge >= 0.3 is 0 Å². The lowest BCUT2D eigenvalue weighted by Gasteiger charge is -2.21. The highest BCUT2D eigenvalue weighted by Gasteiger charge is 2.12. The summed E-state index contributed by atoms with van der Waals surface area (Å²) in [5.74, 6) is 2.04. The minimum absolute atomic E-state index is 0.339. The van der Waals surface area contributed by atoms with E-state index in [2.05, 4.69) is 5.32 Å². The quantitative estimate of drug-likeness (QED) is 0.772. The van der Waals surface area contributed by atoms with E-state index in [4.69, 9.17) is 4.74 Å². The maximum absolute atomic E-state index is 9.78. The van der Waals surface area contributed by atoms with Crippen LogP contribution in [0.25, 0.3) is 0 Å². The largest absolute Gasteiger partial charge is 0.508 e. The summed E-state index contributed by atoms with van der Waals surface area (Å²) in [4.78, 5) is 0. The Morgan fingerprint density at radius 2 is 2.05 bits per heavy atom. The van der Waals surface area contributed by atoms with Gasteiger partial charge < -0.3 is 15.2 Å². The Bertz CT molecular complexity index is 386. The summed E-state index contributed by atoms with van der Waals surface area (Å²) in [6.45, 7) is 1.73. The number of nitrogens with one attached hydrogen (secondary N) is 1. The minimum Gasteiger partial charge on any atom is -0.508 e. The van der Waals surface area contributed by atoms with E-state index in [1.807, 2.05) is 6.07 Å². The van der Waals surface area contributed by atoms with Gasteiger partial charge in [-0.1, -0.05) is 32.1 Å². The molecule has 0 aromatic heterocycles. The molecular formula is C16H25NO2. The zero-order valence-corrected chi connectivity index (χ0v) is 11.8. The van der Waals surface area contributed by atoms with Crippen molar-refractivity contribution in [2.75, 3.05) is 13.7 Å². The van der Waals surface area contributed by atoms with Crippen molar-refractivity contribution in [3.8, 4) is 11.5 Å². The van der Waals surface area contributed by atoms with Crippen LogP contribution in [0, 0.1) is 5.92 Å². The van der Waals surface area contributed by atoms with E-state index in [9.17, 15) is 5.11 Å². The minimum atomic E-state index is 0.339. The number of ether oxygens (including phenoxy) is 1. The number of hydrogen-bond donors (Lipinski definition) is 2. The van der Waals surface area contributed by atoms with E-state index in [0.717, 1.165) is 23.8 Å². The molecule has 1 aromatic rings. The Morgan fingerprint density at radius 3 is 2.79 bits per heavy atom. The fraction of sp³-hybridized carbons (Fsp3) is 0.625. The lowest BCUT2D eigenvalue weighted by atomic mass is 9.87. The SMILES string of the molecule is COc1ccc(O)c(CNCCC2CCCCC2)c1. The molecule has 1 aliphatic rings. The lowest BCUT2D eigenvalue weighted by Crippen LogP contribution is -2.19. The summed E-state index contributed by atoms with van der Waals surface area (Å²) in [6.07, 6.45) is 8.27. The van der Waals surface area contributed by atoms with Crippen LogP contribution in [-0.2, 0) is 6.54 Å². The molecule has 3 nitrogen and oxygen atoms in total. The van der Waals surface area contributed by atoms with E-state index in [-0.39, 0.29) is 0 Å². The van der Waals surface area contributed by atoms with Crippen LogP contribution in [0.5, 0.6) is 11.5 Å². The number of methoxy groups -OCH3 is 1. The van der Waals surface area contributed by atoms with Gasteiger partial charge in [-0.2, -0.15) is 0 Å². The van der Waals surface area contributed by atoms with Crippen molar-refractivity contribution in [2.24, 2.45) is 5.92 Å². The van der Waals surface area contributed by atoms with E-state index < -0.39 is 0 Å². The standard InChI is InChI=1S/C16H25NO2/c1-19-15-7-8-16(18)14(11-15)12-17-10-9-13-5-3-2-4-6-13/h7-8,11,13,17-18H,2-6,9-10,12H2,1H3. The van der Waals surface area contributed by atoms with Crippen LogP contribution in [0.15, 0.2) is 18.2 Å². The van der Waals surface area contributed by atoms with Gasteiger partial charge in [-0.05, 0) is 37.1 Å². The second-order valence-electron chi connectivity index (χ2n) is 5.46. The smallest absolute Gasteiger partial charge is 0.120 e. The van der Waals surface area contributed by atoms with Crippen molar-refractivity contribution < 1.29 is 9.84 Å². The monoisotopic (exact) mass is 263 g/mol. The zero-order chi connectivity index (χ0) is 13.5. The first-order valence-corrected chi connectivity index (χ1v) is 7.36. The molecule has 2 N–H and O–H groups in total. The zero-order valence-electron chi connectivity index (χ0n) is 11.8. The molecule has 3 heteroatoms. The van der Waals surface area contributed by atoms with Gasteiger partial charge in [-0.25, -0.2) is 0 Å². The molecule has 0 heterocycles. The van der Waals surface area contributed by atoms with E-state index in [1.165, 1.54) is 38.5 Å². The van der Waals surface area contributed by atoms with Crippen molar-refractivity contribution in [1.29, 1.82) is 0 Å². The van der Waals surface area contributed by atoms with Crippen molar-refractivity contribution in [3.05, 3.63) is 23.8 Å². The van der Waals surface area contributed by atoms with Gasteiger partial charge in [0, 0.05) is 12.1 Å². The molecule has 1 aliphatic carbocycles. The number of rotatable bonds is 6. The molecule has 0 unspecified atom stereocenters. The molecule has 1 fully saturated rings. The summed E-state index contributed by atoms with van der Waals surface area (Å²) in [6, 6.07) is 5.36. The van der Waals surface area contributed by atoms with Gasteiger partial charge in [-0.15, -0.1) is 0 Å². The Kier molecular flexibility index (Phi) is 5.52. The maximum atomic E-state index is 9.78. The van der Waals surface area contributed by atoms with Crippen LogP contribution in [0.4, 0.5) is 0 Å². The molecule has 0 bridgehead atoms. The average Bonchev–Trinajstić information content (AvgIpc) is 2.46. The molecule has 1 aromatic carbocycles. The number of hydrogen-bond acceptors (Lipinski definition) is 3. The van der Waals surface area contributed by atoms with Crippen LogP contribution in [0.2, 0.25) is 0 Å². The molecule has 1 saturated carbocycles. The van der Waals surface area contributed by atoms with Gasteiger partial charge in [0.25, 0.3) is 0 Å². The second-order valence-corrected chi connectivity index (χ2v) is 5.46. The highest BCUT2D eigenvalue weighted by Crippen LogP contribution is 2.26. The number of benzene rings is 1. The highest BCUT2D eigenvalue weighted by atomic mass is 16.5. The maximum Gasteiger partial charge on any atom is 0.120 e. The van der Waals surface area contributed by atoms with Gasteiger partial charge in [0.15, 0.2) is 0 Å². The van der Waals surface area contributed by atoms with Crippen molar-refractivity contribution in [2.45, 2.75) is 45.1 Å². The molecule has 0 spiro atoms. The van der Waals surface area contributed by atoms with Crippen molar-refractivity contribution >= 4 is 0 Å². The molecule has 2 rings (SSSR count). The van der Waals surface area contributed by atoms with Gasteiger partial charge in [0.05, 0.1) is 7.11 Å². The third-order valence-corrected chi connectivity index (χ3v) is 4.06. The molecular weight excluding hydrogens is 238 g/mol. The first kappa shape index (κ1) is 14.2. The first-order valence-electron chi connectivity index (χ1n) is 7.36. The number of phenols is 1. The summed E-state index contributed by atoms with van der Waals surface area (Å²) in [5.41, 5.74) is 0.906. The van der Waals surface area contributed by atoms with Crippen LogP contribution < -0.4 is 10.1 Å². The number of phenolic OH excluding ortho intramolecular Hbond substituents is 1. The molecule has 0 aliphatic heterocycles. The fourth-order valence-corrected chi connectivity index (χ4v) is 2.84. The van der Waals surface area contributed by atoms with E-state index in [0.29, 0.717) is 12.3 Å². The van der Waals surface area contributed by atoms with Crippen molar-refractivity contribution in [3.63, 3.8) is 0 Å². The Hall–Kier alpha value is -1.22. The van der Waals surface area contributed by atoms with E-state index in [1.54, 1.807) is 19.2 Å². The fourth-order valence-electron chi connectivity index (χ4n) is 2.84. The lowest BCUT2D eigenvalue weighted by molar-refractivity contribution is 0.333. The highest BCUT2D eigenvalue weighted by molar-refractivity contribution is 5.39. The van der Waals surface area contributed by atoms with Gasteiger partial charge in [0.2, 0.25) is 0 Å².